The number of hydrogen-bond acceptors (Lipinski definition) is 2. The quantitative estimate of drug-likeness (QED) is 0.658. The molecule has 0 spiro atoms. The summed E-state index contributed by atoms with van der Waals surface area (Å²) < 4.78 is 0. The van der Waals surface area contributed by atoms with Crippen LogP contribution in [0.15, 0.2) is 30.3 Å². The zero-order chi connectivity index (χ0) is 9.97. The van der Waals surface area contributed by atoms with Crippen LogP contribution in [0.2, 0.25) is 0 Å². The summed E-state index contributed by atoms with van der Waals surface area (Å²) in [6.07, 6.45) is 0. The molecule has 0 aliphatic carbocycles. The fourth-order valence-electron chi connectivity index (χ4n) is 1.62. The molecule has 74 valence electrons. The highest BCUT2D eigenvalue weighted by Gasteiger charge is 2.20. The van der Waals surface area contributed by atoms with Crippen LogP contribution >= 0.6 is 0 Å². The minimum Gasteiger partial charge on any atom is -0.360 e. The first kappa shape index (κ1) is 9.06. The lowest BCUT2D eigenvalue weighted by molar-refractivity contribution is -0.129. The molecule has 0 unspecified atom stereocenters. The second kappa shape index (κ2) is 3.70. The molecule has 1 aliphatic heterocycles. The predicted octanol–water partition coefficient (Wildman–Crippen LogP) is 0.965. The van der Waals surface area contributed by atoms with Gasteiger partial charge in [0, 0.05) is 25.8 Å². The molecule has 1 heterocycles. The summed E-state index contributed by atoms with van der Waals surface area (Å²) in [7, 11) is 1.85. The van der Waals surface area contributed by atoms with Gasteiger partial charge in [0.05, 0.1) is 6.54 Å². The zero-order valence-corrected chi connectivity index (χ0v) is 8.31. The van der Waals surface area contributed by atoms with E-state index in [2.05, 4.69) is 4.90 Å². The minimum atomic E-state index is 0.195. The van der Waals surface area contributed by atoms with Gasteiger partial charge in [0.1, 0.15) is 0 Å². The van der Waals surface area contributed by atoms with Crippen molar-refractivity contribution in [1.29, 1.82) is 0 Å². The van der Waals surface area contributed by atoms with E-state index in [1.165, 1.54) is 0 Å². The Labute approximate surface area is 83.9 Å². The van der Waals surface area contributed by atoms with E-state index in [4.69, 9.17) is 0 Å². The average molecular weight is 190 g/mol. The maximum Gasteiger partial charge on any atom is 0.241 e. The molecule has 3 nitrogen and oxygen atoms in total. The number of nitrogens with zero attached hydrogens (tertiary/aromatic N) is 2. The maximum absolute atomic E-state index is 11.5. The summed E-state index contributed by atoms with van der Waals surface area (Å²) >= 11 is 0. The van der Waals surface area contributed by atoms with Crippen LogP contribution in [0.4, 0.5) is 5.69 Å². The molecule has 1 fully saturated rings. The average Bonchev–Trinajstić information content (AvgIpc) is 2.23. The van der Waals surface area contributed by atoms with Crippen molar-refractivity contribution in [2.24, 2.45) is 0 Å². The fourth-order valence-corrected chi connectivity index (χ4v) is 1.62. The summed E-state index contributed by atoms with van der Waals surface area (Å²) in [5.41, 5.74) is 1.13. The normalized spacial score (nSPS) is 17.4. The third-order valence-electron chi connectivity index (χ3n) is 2.58. The second-order valence-electron chi connectivity index (χ2n) is 3.57. The first-order valence-electron chi connectivity index (χ1n) is 4.81. The molecule has 1 aromatic carbocycles. The first-order valence-corrected chi connectivity index (χ1v) is 4.81. The molecule has 0 bridgehead atoms. The maximum atomic E-state index is 11.5. The van der Waals surface area contributed by atoms with Gasteiger partial charge in [-0.3, -0.25) is 4.79 Å². The highest BCUT2D eigenvalue weighted by molar-refractivity contribution is 5.82. The monoisotopic (exact) mass is 190 g/mol. The van der Waals surface area contributed by atoms with E-state index < -0.39 is 0 Å². The number of hydrogen-bond donors (Lipinski definition) is 0. The smallest absolute Gasteiger partial charge is 0.241 e. The molecule has 1 aliphatic rings. The molecule has 0 N–H and O–H groups in total. The van der Waals surface area contributed by atoms with E-state index in [-0.39, 0.29) is 5.91 Å². The SMILES string of the molecule is CN1CCN(c2ccccc2)CC1=O. The van der Waals surface area contributed by atoms with Crippen LogP contribution < -0.4 is 4.90 Å². The number of piperazine rings is 1. The van der Waals surface area contributed by atoms with Gasteiger partial charge in [-0.25, -0.2) is 0 Å². The zero-order valence-electron chi connectivity index (χ0n) is 8.31. The standard InChI is InChI=1S/C11H14N2O/c1-12-7-8-13(9-11(12)14)10-5-3-2-4-6-10/h2-6H,7-9H2,1H3. The Morgan fingerprint density at radius 1 is 1.14 bits per heavy atom. The predicted molar refractivity (Wildman–Crippen MR) is 56.3 cm³/mol. The number of para-hydroxylation sites is 1. The van der Waals surface area contributed by atoms with Crippen molar-refractivity contribution >= 4 is 11.6 Å². The number of anilines is 1. The molecular weight excluding hydrogens is 176 g/mol. The fraction of sp³-hybridized carbons (Fsp3) is 0.364. The van der Waals surface area contributed by atoms with Gasteiger partial charge in [-0.2, -0.15) is 0 Å². The second-order valence-corrected chi connectivity index (χ2v) is 3.57. The van der Waals surface area contributed by atoms with Gasteiger partial charge < -0.3 is 9.80 Å². The van der Waals surface area contributed by atoms with Crippen LogP contribution in [0, 0.1) is 0 Å². The number of amides is 1. The molecule has 0 saturated carbocycles. The Morgan fingerprint density at radius 2 is 1.86 bits per heavy atom. The summed E-state index contributed by atoms with van der Waals surface area (Å²) in [5, 5.41) is 0. The lowest BCUT2D eigenvalue weighted by atomic mass is 10.2. The third kappa shape index (κ3) is 1.71. The number of carbonyl (C=O) groups excluding carboxylic acids is 1. The lowest BCUT2D eigenvalue weighted by Gasteiger charge is -2.33. The van der Waals surface area contributed by atoms with Gasteiger partial charge in [-0.1, -0.05) is 18.2 Å². The molecule has 1 aromatic rings. The van der Waals surface area contributed by atoms with Crippen molar-refractivity contribution in [3.05, 3.63) is 30.3 Å². The van der Waals surface area contributed by atoms with Crippen LogP contribution in [0.3, 0.4) is 0 Å². The van der Waals surface area contributed by atoms with Crippen LogP contribution in [-0.2, 0) is 4.79 Å². The minimum absolute atomic E-state index is 0.195. The van der Waals surface area contributed by atoms with E-state index in [1.807, 2.05) is 37.4 Å². The molecule has 0 radical (unpaired) electrons. The topological polar surface area (TPSA) is 23.6 Å². The molecular formula is C11H14N2O. The van der Waals surface area contributed by atoms with Crippen molar-refractivity contribution in [3.63, 3.8) is 0 Å². The van der Waals surface area contributed by atoms with E-state index in [0.717, 1.165) is 18.8 Å². The summed E-state index contributed by atoms with van der Waals surface area (Å²) in [6, 6.07) is 10.1. The Balaban J connectivity index is 2.11. The lowest BCUT2D eigenvalue weighted by Crippen LogP contribution is -2.48. The van der Waals surface area contributed by atoms with Crippen LogP contribution in [-0.4, -0.2) is 37.5 Å². The molecule has 0 atom stereocenters. The Hall–Kier alpha value is -1.51. The van der Waals surface area contributed by atoms with Crippen molar-refractivity contribution < 1.29 is 4.79 Å². The Bertz CT molecular complexity index is 323. The van der Waals surface area contributed by atoms with Gasteiger partial charge in [0.2, 0.25) is 5.91 Å². The number of likely N-dealkylation sites (N-methyl/N-ethyl adjacent to an activating group) is 1. The van der Waals surface area contributed by atoms with Gasteiger partial charge in [-0.15, -0.1) is 0 Å². The number of benzene rings is 1. The van der Waals surface area contributed by atoms with Crippen LogP contribution in [0.5, 0.6) is 0 Å². The molecule has 1 saturated heterocycles. The van der Waals surface area contributed by atoms with Gasteiger partial charge >= 0.3 is 0 Å². The van der Waals surface area contributed by atoms with Gasteiger partial charge in [0.25, 0.3) is 0 Å². The number of carbonyl (C=O) groups is 1. The van der Waals surface area contributed by atoms with Gasteiger partial charge in [-0.05, 0) is 12.1 Å². The van der Waals surface area contributed by atoms with Gasteiger partial charge in [0.15, 0.2) is 0 Å². The van der Waals surface area contributed by atoms with Crippen LogP contribution in [0.25, 0.3) is 0 Å². The van der Waals surface area contributed by atoms with Crippen molar-refractivity contribution in [2.45, 2.75) is 0 Å². The van der Waals surface area contributed by atoms with E-state index in [9.17, 15) is 4.79 Å². The Morgan fingerprint density at radius 3 is 2.50 bits per heavy atom. The van der Waals surface area contributed by atoms with E-state index >= 15 is 0 Å². The van der Waals surface area contributed by atoms with E-state index in [0.29, 0.717) is 6.54 Å². The molecule has 0 aromatic heterocycles. The third-order valence-corrected chi connectivity index (χ3v) is 2.58. The Kier molecular flexibility index (Phi) is 2.39. The van der Waals surface area contributed by atoms with Crippen molar-refractivity contribution in [3.8, 4) is 0 Å². The van der Waals surface area contributed by atoms with Crippen LogP contribution in [0.1, 0.15) is 0 Å². The summed E-state index contributed by atoms with van der Waals surface area (Å²) in [6.45, 7) is 2.24. The van der Waals surface area contributed by atoms with E-state index in [1.54, 1.807) is 4.90 Å². The highest BCUT2D eigenvalue weighted by atomic mass is 16.2. The number of rotatable bonds is 1. The molecule has 1 amide bonds. The summed E-state index contributed by atoms with van der Waals surface area (Å²) in [5.74, 6) is 0.195. The molecule has 3 heteroatoms. The molecule has 14 heavy (non-hydrogen) atoms. The van der Waals surface area contributed by atoms with Crippen molar-refractivity contribution in [1.82, 2.24) is 4.90 Å². The largest absolute Gasteiger partial charge is 0.360 e. The first-order chi connectivity index (χ1) is 6.77. The summed E-state index contributed by atoms with van der Waals surface area (Å²) in [4.78, 5) is 15.4. The van der Waals surface area contributed by atoms with Crippen molar-refractivity contribution in [2.75, 3.05) is 31.6 Å². The molecule has 2 rings (SSSR count). The highest BCUT2D eigenvalue weighted by Crippen LogP contribution is 2.15.